The van der Waals surface area contributed by atoms with Gasteiger partial charge < -0.3 is 19.9 Å². The smallest absolute Gasteiger partial charge is 0.265 e. The maximum absolute atomic E-state index is 13.0. The van der Waals surface area contributed by atoms with Crippen molar-refractivity contribution < 1.29 is 22.7 Å². The fraction of sp³-hybridized carbons (Fsp3) is 0.417. The summed E-state index contributed by atoms with van der Waals surface area (Å²) >= 11 is 0. The molecule has 2 aliphatic rings. The monoisotopic (exact) mass is 486 g/mol. The first-order chi connectivity index (χ1) is 16.3. The number of carbonyl (C=O) groups excluding carboxylic acids is 2. The van der Waals surface area contributed by atoms with Crippen LogP contribution in [-0.2, 0) is 26.0 Å². The summed E-state index contributed by atoms with van der Waals surface area (Å²) in [5.74, 6) is 0.413. The fourth-order valence-corrected chi connectivity index (χ4v) is 4.84. The molecule has 10 heteroatoms. The lowest BCUT2D eigenvalue weighted by molar-refractivity contribution is -0.139. The number of amides is 2. The molecule has 2 aliphatic heterocycles. The van der Waals surface area contributed by atoms with Crippen molar-refractivity contribution in [2.24, 2.45) is 5.14 Å². The third kappa shape index (κ3) is 5.87. The number of rotatable bonds is 7. The van der Waals surface area contributed by atoms with Crippen molar-refractivity contribution in [1.29, 1.82) is 0 Å². The van der Waals surface area contributed by atoms with Gasteiger partial charge in [-0.2, -0.15) is 0 Å². The van der Waals surface area contributed by atoms with Gasteiger partial charge in [0.15, 0.2) is 6.10 Å². The predicted molar refractivity (Wildman–Crippen MR) is 128 cm³/mol. The molecule has 0 saturated carbocycles. The SMILES string of the molecule is NS(=O)(=O)c1ccc(CCNC(=O)CN2CC(C(=O)N3CCCCC3)Oc3ccccc32)cc1. The Morgan fingerprint density at radius 3 is 2.44 bits per heavy atom. The van der Waals surface area contributed by atoms with E-state index in [1.807, 2.05) is 34.1 Å². The summed E-state index contributed by atoms with van der Waals surface area (Å²) in [6.07, 6.45) is 3.06. The van der Waals surface area contributed by atoms with Crippen molar-refractivity contribution >= 4 is 27.5 Å². The number of anilines is 1. The molecule has 0 aromatic heterocycles. The topological polar surface area (TPSA) is 122 Å². The minimum Gasteiger partial charge on any atom is -0.477 e. The first-order valence-electron chi connectivity index (χ1n) is 11.5. The van der Waals surface area contributed by atoms with Gasteiger partial charge in [0.2, 0.25) is 15.9 Å². The number of nitrogens with two attached hydrogens (primary N) is 1. The number of hydrogen-bond acceptors (Lipinski definition) is 6. The standard InChI is InChI=1S/C24H30N4O5S/c25-34(31,32)19-10-8-18(9-11-19)12-13-26-23(29)17-28-16-22(24(30)27-14-4-1-5-15-27)33-21-7-3-2-6-20(21)28/h2-3,6-11,22H,1,4-5,12-17H2,(H,26,29)(H2,25,31,32). The van der Waals surface area contributed by atoms with Gasteiger partial charge in [0.25, 0.3) is 5.91 Å². The van der Waals surface area contributed by atoms with E-state index in [0.717, 1.165) is 43.6 Å². The van der Waals surface area contributed by atoms with Crippen molar-refractivity contribution in [1.82, 2.24) is 10.2 Å². The number of nitrogens with zero attached hydrogens (tertiary/aromatic N) is 2. The summed E-state index contributed by atoms with van der Waals surface area (Å²) in [6.45, 7) is 2.32. The van der Waals surface area contributed by atoms with Crippen molar-refractivity contribution in [3.8, 4) is 5.75 Å². The number of sulfonamides is 1. The van der Waals surface area contributed by atoms with Crippen LogP contribution >= 0.6 is 0 Å². The van der Waals surface area contributed by atoms with Crippen molar-refractivity contribution in [2.75, 3.05) is 37.6 Å². The van der Waals surface area contributed by atoms with E-state index in [0.29, 0.717) is 25.3 Å². The average molecular weight is 487 g/mol. The van der Waals surface area contributed by atoms with Crippen LogP contribution in [-0.4, -0.2) is 64.0 Å². The van der Waals surface area contributed by atoms with Gasteiger partial charge in [-0.15, -0.1) is 0 Å². The van der Waals surface area contributed by atoms with E-state index in [1.54, 1.807) is 12.1 Å². The van der Waals surface area contributed by atoms with E-state index >= 15 is 0 Å². The Balaban J connectivity index is 1.34. The van der Waals surface area contributed by atoms with E-state index in [2.05, 4.69) is 5.32 Å². The highest BCUT2D eigenvalue weighted by molar-refractivity contribution is 7.89. The molecule has 0 spiro atoms. The molecule has 0 aliphatic carbocycles. The number of fused-ring (bicyclic) bond motifs is 1. The highest BCUT2D eigenvalue weighted by atomic mass is 32.2. The molecule has 3 N–H and O–H groups in total. The molecule has 2 heterocycles. The molecule has 1 saturated heterocycles. The molecule has 1 atom stereocenters. The Bertz CT molecular complexity index is 1130. The molecule has 34 heavy (non-hydrogen) atoms. The lowest BCUT2D eigenvalue weighted by Crippen LogP contribution is -2.53. The van der Waals surface area contributed by atoms with Crippen LogP contribution in [0, 0.1) is 0 Å². The zero-order chi connectivity index (χ0) is 24.1. The highest BCUT2D eigenvalue weighted by Crippen LogP contribution is 2.33. The molecule has 2 aromatic rings. The zero-order valence-electron chi connectivity index (χ0n) is 19.0. The van der Waals surface area contributed by atoms with Crippen LogP contribution in [0.3, 0.4) is 0 Å². The van der Waals surface area contributed by atoms with Gasteiger partial charge in [-0.3, -0.25) is 9.59 Å². The molecule has 1 fully saturated rings. The van der Waals surface area contributed by atoms with Crippen molar-refractivity contribution in [3.63, 3.8) is 0 Å². The van der Waals surface area contributed by atoms with Crippen LogP contribution in [0.25, 0.3) is 0 Å². The molecular formula is C24H30N4O5S. The van der Waals surface area contributed by atoms with Crippen molar-refractivity contribution in [3.05, 3.63) is 54.1 Å². The largest absolute Gasteiger partial charge is 0.477 e. The number of para-hydroxylation sites is 2. The van der Waals surface area contributed by atoms with Crippen molar-refractivity contribution in [2.45, 2.75) is 36.7 Å². The second-order valence-corrected chi connectivity index (χ2v) is 10.2. The minimum absolute atomic E-state index is 0.0254. The summed E-state index contributed by atoms with van der Waals surface area (Å²) in [7, 11) is -3.72. The van der Waals surface area contributed by atoms with E-state index in [1.165, 1.54) is 12.1 Å². The number of carbonyl (C=O) groups is 2. The van der Waals surface area contributed by atoms with Crippen LogP contribution in [0.1, 0.15) is 24.8 Å². The second kappa shape index (κ2) is 10.4. The Labute approximate surface area is 199 Å². The van der Waals surface area contributed by atoms with Crippen LogP contribution in [0.4, 0.5) is 5.69 Å². The third-order valence-corrected chi connectivity index (χ3v) is 7.06. The number of ether oxygens (including phenoxy) is 1. The normalized spacial score (nSPS) is 18.1. The molecule has 9 nitrogen and oxygen atoms in total. The van der Waals surface area contributed by atoms with E-state index in [-0.39, 0.29) is 23.3 Å². The first kappa shape index (κ1) is 24.0. The molecule has 182 valence electrons. The number of primary sulfonamides is 1. The second-order valence-electron chi connectivity index (χ2n) is 8.63. The van der Waals surface area contributed by atoms with Crippen LogP contribution in [0.2, 0.25) is 0 Å². The van der Waals surface area contributed by atoms with Gasteiger partial charge in [0.05, 0.1) is 23.7 Å². The van der Waals surface area contributed by atoms with E-state index in [4.69, 9.17) is 9.88 Å². The van der Waals surface area contributed by atoms with Gasteiger partial charge in [-0.25, -0.2) is 13.6 Å². The quantitative estimate of drug-likeness (QED) is 0.608. The number of piperidine rings is 1. The fourth-order valence-electron chi connectivity index (χ4n) is 4.32. The summed E-state index contributed by atoms with van der Waals surface area (Å²) in [5, 5.41) is 8.02. The number of likely N-dealkylation sites (tertiary alicyclic amines) is 1. The Morgan fingerprint density at radius 1 is 1.03 bits per heavy atom. The van der Waals surface area contributed by atoms with Gasteiger partial charge in [0.1, 0.15) is 5.75 Å². The van der Waals surface area contributed by atoms with Crippen LogP contribution in [0.15, 0.2) is 53.4 Å². The Hall–Kier alpha value is -3.11. The van der Waals surface area contributed by atoms with Gasteiger partial charge in [-0.1, -0.05) is 24.3 Å². The maximum Gasteiger partial charge on any atom is 0.265 e. The molecular weight excluding hydrogens is 456 g/mol. The predicted octanol–water partition coefficient (Wildman–Crippen LogP) is 1.27. The lowest BCUT2D eigenvalue weighted by atomic mass is 10.1. The average Bonchev–Trinajstić information content (AvgIpc) is 2.84. The Morgan fingerprint density at radius 2 is 1.74 bits per heavy atom. The molecule has 2 aromatic carbocycles. The van der Waals surface area contributed by atoms with Crippen LogP contribution < -0.4 is 20.1 Å². The summed E-state index contributed by atoms with van der Waals surface area (Å²) in [5.41, 5.74) is 1.68. The number of nitrogens with one attached hydrogen (secondary N) is 1. The zero-order valence-corrected chi connectivity index (χ0v) is 19.8. The molecule has 0 radical (unpaired) electrons. The number of hydrogen-bond donors (Lipinski definition) is 2. The molecule has 2 amide bonds. The van der Waals surface area contributed by atoms with E-state index < -0.39 is 16.1 Å². The first-order valence-corrected chi connectivity index (χ1v) is 13.0. The van der Waals surface area contributed by atoms with Gasteiger partial charge in [-0.05, 0) is 55.5 Å². The molecule has 1 unspecified atom stereocenters. The number of benzene rings is 2. The van der Waals surface area contributed by atoms with Gasteiger partial charge in [0, 0.05) is 19.6 Å². The maximum atomic E-state index is 13.0. The highest BCUT2D eigenvalue weighted by Gasteiger charge is 2.34. The summed E-state index contributed by atoms with van der Waals surface area (Å²) < 4.78 is 28.7. The molecule has 4 rings (SSSR count). The minimum atomic E-state index is -3.72. The van der Waals surface area contributed by atoms with Gasteiger partial charge >= 0.3 is 0 Å². The molecule has 0 bridgehead atoms. The Kier molecular flexibility index (Phi) is 7.38. The summed E-state index contributed by atoms with van der Waals surface area (Å²) in [6, 6.07) is 13.7. The van der Waals surface area contributed by atoms with Crippen LogP contribution in [0.5, 0.6) is 5.75 Å². The summed E-state index contributed by atoms with van der Waals surface area (Å²) in [4.78, 5) is 29.5. The van der Waals surface area contributed by atoms with E-state index in [9.17, 15) is 18.0 Å². The third-order valence-electron chi connectivity index (χ3n) is 6.13. The lowest BCUT2D eigenvalue weighted by Gasteiger charge is -2.38.